The van der Waals surface area contributed by atoms with Crippen LogP contribution < -0.4 is 0 Å². The number of aromatic nitrogens is 1. The van der Waals surface area contributed by atoms with Crippen LogP contribution in [0, 0.1) is 6.92 Å². The quantitative estimate of drug-likeness (QED) is 0.490. The molecule has 124 valence electrons. The number of hydrogen-bond acceptors (Lipinski definition) is 2. The van der Waals surface area contributed by atoms with Gasteiger partial charge in [-0.25, -0.2) is 0 Å². The van der Waals surface area contributed by atoms with Gasteiger partial charge in [0, 0.05) is 34.6 Å². The normalized spacial score (nSPS) is 11.8. The Hall–Kier alpha value is -3.07. The summed E-state index contributed by atoms with van der Waals surface area (Å²) in [5, 5.41) is 12.4. The van der Waals surface area contributed by atoms with Crippen LogP contribution in [0.4, 0.5) is 5.69 Å². The summed E-state index contributed by atoms with van der Waals surface area (Å²) in [5.74, 6) is 0.200. The van der Waals surface area contributed by atoms with Crippen LogP contribution in [0.3, 0.4) is 0 Å². The summed E-state index contributed by atoms with van der Waals surface area (Å²) in [5.41, 5.74) is 5.18. The molecular formula is C22H20N2O. The molecule has 4 aromatic rings. The van der Waals surface area contributed by atoms with Crippen molar-refractivity contribution in [3.63, 3.8) is 0 Å². The summed E-state index contributed by atoms with van der Waals surface area (Å²) in [4.78, 5) is 4.47. The Labute approximate surface area is 146 Å². The van der Waals surface area contributed by atoms with Crippen molar-refractivity contribution in [2.24, 2.45) is 4.99 Å². The van der Waals surface area contributed by atoms with Gasteiger partial charge in [0.25, 0.3) is 0 Å². The lowest BCUT2D eigenvalue weighted by atomic mass is 10.1. The van der Waals surface area contributed by atoms with E-state index in [-0.39, 0.29) is 5.75 Å². The molecule has 0 unspecified atom stereocenters. The molecule has 1 heterocycles. The van der Waals surface area contributed by atoms with Crippen molar-refractivity contribution in [3.05, 3.63) is 71.8 Å². The number of aromatic hydroxyl groups is 1. The second kappa shape index (κ2) is 6.10. The van der Waals surface area contributed by atoms with Crippen LogP contribution in [-0.4, -0.2) is 15.9 Å². The van der Waals surface area contributed by atoms with E-state index in [0.717, 1.165) is 17.7 Å². The molecule has 0 amide bonds. The number of aryl methyl sites for hydroxylation is 2. The van der Waals surface area contributed by atoms with Crippen molar-refractivity contribution in [2.75, 3.05) is 0 Å². The van der Waals surface area contributed by atoms with Gasteiger partial charge in [0.1, 0.15) is 11.4 Å². The van der Waals surface area contributed by atoms with Gasteiger partial charge in [0.2, 0.25) is 0 Å². The fourth-order valence-electron chi connectivity index (χ4n) is 3.37. The maximum Gasteiger partial charge on any atom is 0.141 e. The van der Waals surface area contributed by atoms with Crippen molar-refractivity contribution in [3.8, 4) is 5.75 Å². The number of phenolic OH excluding ortho intramolecular Hbond substituents is 1. The van der Waals surface area contributed by atoms with Crippen LogP contribution in [0.2, 0.25) is 0 Å². The molecule has 3 aromatic carbocycles. The maximum atomic E-state index is 9.94. The van der Waals surface area contributed by atoms with Gasteiger partial charge in [0.05, 0.1) is 0 Å². The SMILES string of the molecule is CCn1c2ccccc2c2cc(C=Nc3cc(C)ccc3O)ccc21. The van der Waals surface area contributed by atoms with Gasteiger partial charge in [-0.2, -0.15) is 0 Å². The number of hydrogen-bond donors (Lipinski definition) is 1. The van der Waals surface area contributed by atoms with E-state index in [1.807, 2.05) is 25.3 Å². The third kappa shape index (κ3) is 2.68. The fourth-order valence-corrected chi connectivity index (χ4v) is 3.37. The van der Waals surface area contributed by atoms with Crippen molar-refractivity contribution >= 4 is 33.7 Å². The Kier molecular flexibility index (Phi) is 3.77. The Morgan fingerprint density at radius 3 is 2.60 bits per heavy atom. The molecule has 25 heavy (non-hydrogen) atoms. The van der Waals surface area contributed by atoms with E-state index >= 15 is 0 Å². The van der Waals surface area contributed by atoms with Crippen molar-refractivity contribution in [2.45, 2.75) is 20.4 Å². The van der Waals surface area contributed by atoms with Crippen LogP contribution in [0.5, 0.6) is 5.75 Å². The fraction of sp³-hybridized carbons (Fsp3) is 0.136. The van der Waals surface area contributed by atoms with Crippen LogP contribution in [-0.2, 0) is 6.54 Å². The number of rotatable bonds is 3. The third-order valence-electron chi connectivity index (χ3n) is 4.60. The van der Waals surface area contributed by atoms with Crippen molar-refractivity contribution in [1.29, 1.82) is 0 Å². The molecule has 0 saturated heterocycles. The van der Waals surface area contributed by atoms with Crippen LogP contribution in [0.1, 0.15) is 18.1 Å². The van der Waals surface area contributed by atoms with E-state index < -0.39 is 0 Å². The molecule has 0 fully saturated rings. The molecular weight excluding hydrogens is 308 g/mol. The van der Waals surface area contributed by atoms with Gasteiger partial charge in [-0.3, -0.25) is 4.99 Å². The minimum atomic E-state index is 0.200. The summed E-state index contributed by atoms with van der Waals surface area (Å²) in [6.45, 7) is 5.10. The van der Waals surface area contributed by atoms with Gasteiger partial charge in [-0.15, -0.1) is 0 Å². The van der Waals surface area contributed by atoms with E-state index in [1.54, 1.807) is 6.07 Å². The van der Waals surface area contributed by atoms with Crippen LogP contribution in [0.15, 0.2) is 65.7 Å². The zero-order chi connectivity index (χ0) is 17.4. The summed E-state index contributed by atoms with van der Waals surface area (Å²) < 4.78 is 2.33. The summed E-state index contributed by atoms with van der Waals surface area (Å²) in [7, 11) is 0. The van der Waals surface area contributed by atoms with Gasteiger partial charge >= 0.3 is 0 Å². The highest BCUT2D eigenvalue weighted by Crippen LogP contribution is 2.30. The highest BCUT2D eigenvalue weighted by molar-refractivity contribution is 6.09. The average molecular weight is 328 g/mol. The Morgan fingerprint density at radius 2 is 1.76 bits per heavy atom. The van der Waals surface area contributed by atoms with E-state index in [9.17, 15) is 5.11 Å². The van der Waals surface area contributed by atoms with Crippen LogP contribution in [0.25, 0.3) is 21.8 Å². The van der Waals surface area contributed by atoms with E-state index in [1.165, 1.54) is 21.8 Å². The molecule has 0 aliphatic heterocycles. The van der Waals surface area contributed by atoms with Gasteiger partial charge < -0.3 is 9.67 Å². The molecule has 0 aliphatic rings. The number of nitrogens with zero attached hydrogens (tertiary/aromatic N) is 2. The van der Waals surface area contributed by atoms with E-state index in [0.29, 0.717) is 5.69 Å². The number of aliphatic imine (C=N–C) groups is 1. The van der Waals surface area contributed by atoms with Gasteiger partial charge in [-0.05, 0) is 55.3 Å². The second-order valence-corrected chi connectivity index (χ2v) is 6.29. The second-order valence-electron chi connectivity index (χ2n) is 6.29. The molecule has 0 atom stereocenters. The van der Waals surface area contributed by atoms with Gasteiger partial charge in [0.15, 0.2) is 0 Å². The summed E-state index contributed by atoms with van der Waals surface area (Å²) in [6.07, 6.45) is 1.81. The first-order valence-electron chi connectivity index (χ1n) is 8.52. The minimum absolute atomic E-state index is 0.200. The molecule has 0 aliphatic carbocycles. The lowest BCUT2D eigenvalue weighted by Gasteiger charge is -2.03. The molecule has 3 heteroatoms. The molecule has 0 spiro atoms. The Balaban J connectivity index is 1.83. The highest BCUT2D eigenvalue weighted by Gasteiger charge is 2.09. The predicted octanol–water partition coefficient (Wildman–Crippen LogP) is 5.58. The Bertz CT molecular complexity index is 1110. The Morgan fingerprint density at radius 1 is 0.960 bits per heavy atom. The standard InChI is InChI=1S/C22H20N2O/c1-3-24-20-7-5-4-6-17(20)18-13-16(9-10-21(18)24)14-23-19-12-15(2)8-11-22(19)25/h4-14,25H,3H2,1-2H3. The van der Waals surface area contributed by atoms with Gasteiger partial charge in [-0.1, -0.05) is 30.3 Å². The zero-order valence-corrected chi connectivity index (χ0v) is 14.4. The average Bonchev–Trinajstić information content (AvgIpc) is 2.95. The molecule has 1 N–H and O–H groups in total. The lowest BCUT2D eigenvalue weighted by Crippen LogP contribution is -1.92. The number of para-hydroxylation sites is 1. The first kappa shape index (κ1) is 15.5. The number of benzene rings is 3. The first-order chi connectivity index (χ1) is 12.2. The number of fused-ring (bicyclic) bond motifs is 3. The zero-order valence-electron chi connectivity index (χ0n) is 14.4. The third-order valence-corrected chi connectivity index (χ3v) is 4.60. The largest absolute Gasteiger partial charge is 0.506 e. The predicted molar refractivity (Wildman–Crippen MR) is 105 cm³/mol. The van der Waals surface area contributed by atoms with E-state index in [2.05, 4.69) is 58.9 Å². The molecule has 0 saturated carbocycles. The first-order valence-corrected chi connectivity index (χ1v) is 8.52. The molecule has 3 nitrogen and oxygen atoms in total. The molecule has 0 radical (unpaired) electrons. The van der Waals surface area contributed by atoms with Crippen molar-refractivity contribution in [1.82, 2.24) is 4.57 Å². The van der Waals surface area contributed by atoms with Crippen LogP contribution >= 0.6 is 0 Å². The smallest absolute Gasteiger partial charge is 0.141 e. The molecule has 4 rings (SSSR count). The monoisotopic (exact) mass is 328 g/mol. The molecule has 0 bridgehead atoms. The summed E-state index contributed by atoms with van der Waals surface area (Å²) in [6, 6.07) is 20.3. The highest BCUT2D eigenvalue weighted by atomic mass is 16.3. The van der Waals surface area contributed by atoms with Crippen molar-refractivity contribution < 1.29 is 5.11 Å². The maximum absolute atomic E-state index is 9.94. The lowest BCUT2D eigenvalue weighted by molar-refractivity contribution is 0.477. The number of phenols is 1. The molecule has 1 aromatic heterocycles. The topological polar surface area (TPSA) is 37.5 Å². The van der Waals surface area contributed by atoms with E-state index in [4.69, 9.17) is 0 Å². The summed E-state index contributed by atoms with van der Waals surface area (Å²) >= 11 is 0. The minimum Gasteiger partial charge on any atom is -0.506 e.